The molecule has 1 unspecified atom stereocenters. The van der Waals surface area contributed by atoms with Gasteiger partial charge < -0.3 is 5.32 Å². The summed E-state index contributed by atoms with van der Waals surface area (Å²) in [4.78, 5) is 19.6. The van der Waals surface area contributed by atoms with Crippen molar-refractivity contribution in [2.45, 2.75) is 50.9 Å². The summed E-state index contributed by atoms with van der Waals surface area (Å²) in [5, 5.41) is 12.7. The minimum atomic E-state index is 0.0290. The first-order chi connectivity index (χ1) is 15.2. The van der Waals surface area contributed by atoms with Crippen LogP contribution in [0.3, 0.4) is 0 Å². The lowest BCUT2D eigenvalue weighted by molar-refractivity contribution is 0.147. The number of fused-ring (bicyclic) bond motifs is 2. The standard InChI is InChI=1S/C22H29N7OS/c1-16-12-21(29-20(25-16)5-7-24-29)23-14-18-4-2-3-8-27(18)9-10-28-22(30)13-17-15-31-11-6-19(17)26-28/h5,7,12-13,18,23H,2-4,6,8-11,14-15H2,1H3. The summed E-state index contributed by atoms with van der Waals surface area (Å²) in [5.41, 5.74) is 4.09. The molecular formula is C22H29N7OS. The number of piperidine rings is 1. The van der Waals surface area contributed by atoms with Crippen LogP contribution in [0.5, 0.6) is 0 Å². The van der Waals surface area contributed by atoms with Crippen LogP contribution < -0.4 is 10.9 Å². The number of anilines is 1. The predicted octanol–water partition coefficient (Wildman–Crippen LogP) is 2.35. The molecule has 1 atom stereocenters. The van der Waals surface area contributed by atoms with Gasteiger partial charge in [-0.05, 0) is 37.6 Å². The van der Waals surface area contributed by atoms with Crippen LogP contribution in [0.2, 0.25) is 0 Å². The van der Waals surface area contributed by atoms with Crippen LogP contribution in [-0.4, -0.2) is 60.7 Å². The number of nitrogens with one attached hydrogen (secondary N) is 1. The molecule has 5 heterocycles. The Balaban J connectivity index is 1.26. The van der Waals surface area contributed by atoms with Crippen molar-refractivity contribution in [1.29, 1.82) is 0 Å². The SMILES string of the molecule is Cc1cc(NCC2CCCCN2CCn2nc3c(cc2=O)CSCC3)n2nccc2n1. The molecule has 0 saturated carbocycles. The molecule has 1 saturated heterocycles. The number of hydrogen-bond donors (Lipinski definition) is 1. The van der Waals surface area contributed by atoms with E-state index in [-0.39, 0.29) is 5.56 Å². The molecule has 3 aromatic rings. The topological polar surface area (TPSA) is 80.4 Å². The first-order valence-corrected chi connectivity index (χ1v) is 12.3. The smallest absolute Gasteiger partial charge is 0.267 e. The minimum absolute atomic E-state index is 0.0290. The molecule has 164 valence electrons. The molecule has 8 nitrogen and oxygen atoms in total. The maximum absolute atomic E-state index is 12.5. The van der Waals surface area contributed by atoms with Crippen molar-refractivity contribution in [1.82, 2.24) is 29.3 Å². The molecule has 2 aliphatic heterocycles. The highest BCUT2D eigenvalue weighted by molar-refractivity contribution is 7.98. The van der Waals surface area contributed by atoms with E-state index < -0.39 is 0 Å². The fourth-order valence-corrected chi connectivity index (χ4v) is 5.56. The number of nitrogens with zero attached hydrogens (tertiary/aromatic N) is 6. The lowest BCUT2D eigenvalue weighted by atomic mass is 10.0. The molecule has 0 bridgehead atoms. The summed E-state index contributed by atoms with van der Waals surface area (Å²) in [6, 6.07) is 6.19. The summed E-state index contributed by atoms with van der Waals surface area (Å²) in [6.45, 7) is 5.41. The highest BCUT2D eigenvalue weighted by atomic mass is 32.2. The van der Waals surface area contributed by atoms with E-state index in [9.17, 15) is 4.79 Å². The molecular weight excluding hydrogens is 410 g/mol. The van der Waals surface area contributed by atoms with Gasteiger partial charge in [-0.15, -0.1) is 0 Å². The third-order valence-electron chi connectivity index (χ3n) is 6.26. The number of likely N-dealkylation sites (tertiary alicyclic amines) is 1. The molecule has 31 heavy (non-hydrogen) atoms. The average molecular weight is 440 g/mol. The van der Waals surface area contributed by atoms with Crippen molar-refractivity contribution in [3.8, 4) is 0 Å². The predicted molar refractivity (Wildman–Crippen MR) is 124 cm³/mol. The number of aryl methyl sites for hydroxylation is 2. The average Bonchev–Trinajstić information content (AvgIpc) is 3.25. The maximum Gasteiger partial charge on any atom is 0.267 e. The second-order valence-corrected chi connectivity index (χ2v) is 9.54. The van der Waals surface area contributed by atoms with E-state index in [0.717, 1.165) is 72.4 Å². The summed E-state index contributed by atoms with van der Waals surface area (Å²) < 4.78 is 3.53. The molecule has 9 heteroatoms. The molecule has 1 N–H and O–H groups in total. The second kappa shape index (κ2) is 9.00. The van der Waals surface area contributed by atoms with Crippen LogP contribution in [-0.2, 0) is 18.7 Å². The maximum atomic E-state index is 12.5. The van der Waals surface area contributed by atoms with Crippen molar-refractivity contribution in [2.75, 3.05) is 30.7 Å². The Morgan fingerprint density at radius 3 is 3.13 bits per heavy atom. The Hall–Kier alpha value is -2.39. The summed E-state index contributed by atoms with van der Waals surface area (Å²) >= 11 is 1.88. The van der Waals surface area contributed by atoms with E-state index in [1.54, 1.807) is 16.9 Å². The summed E-state index contributed by atoms with van der Waals surface area (Å²) in [7, 11) is 0. The monoisotopic (exact) mass is 439 g/mol. The van der Waals surface area contributed by atoms with Crippen LogP contribution in [0, 0.1) is 6.92 Å². The zero-order chi connectivity index (χ0) is 21.2. The number of aromatic nitrogens is 5. The molecule has 1 fully saturated rings. The van der Waals surface area contributed by atoms with Crippen molar-refractivity contribution in [3.63, 3.8) is 0 Å². The van der Waals surface area contributed by atoms with Gasteiger partial charge in [0.1, 0.15) is 5.82 Å². The minimum Gasteiger partial charge on any atom is -0.368 e. The van der Waals surface area contributed by atoms with Crippen molar-refractivity contribution < 1.29 is 0 Å². The van der Waals surface area contributed by atoms with E-state index in [4.69, 9.17) is 0 Å². The molecule has 2 aliphatic rings. The molecule has 0 aromatic carbocycles. The number of thioether (sulfide) groups is 1. The summed E-state index contributed by atoms with van der Waals surface area (Å²) in [5.74, 6) is 2.98. The molecule has 0 radical (unpaired) electrons. The lowest BCUT2D eigenvalue weighted by Crippen LogP contribution is -2.46. The Morgan fingerprint density at radius 1 is 1.26 bits per heavy atom. The number of hydrogen-bond acceptors (Lipinski definition) is 7. The fourth-order valence-electron chi connectivity index (χ4n) is 4.61. The Morgan fingerprint density at radius 2 is 2.19 bits per heavy atom. The lowest BCUT2D eigenvalue weighted by Gasteiger charge is -2.36. The van der Waals surface area contributed by atoms with Crippen molar-refractivity contribution in [2.24, 2.45) is 0 Å². The van der Waals surface area contributed by atoms with Gasteiger partial charge in [0, 0.05) is 55.2 Å². The zero-order valence-corrected chi connectivity index (χ0v) is 18.8. The van der Waals surface area contributed by atoms with Crippen molar-refractivity contribution >= 4 is 23.2 Å². The van der Waals surface area contributed by atoms with E-state index in [0.29, 0.717) is 12.6 Å². The van der Waals surface area contributed by atoms with Gasteiger partial charge in [-0.1, -0.05) is 6.42 Å². The van der Waals surface area contributed by atoms with E-state index in [1.807, 2.05) is 35.3 Å². The van der Waals surface area contributed by atoms with E-state index in [1.165, 1.54) is 12.8 Å². The quantitative estimate of drug-likeness (QED) is 0.631. The summed E-state index contributed by atoms with van der Waals surface area (Å²) in [6.07, 6.45) is 6.34. The van der Waals surface area contributed by atoms with Crippen LogP contribution >= 0.6 is 11.8 Å². The van der Waals surface area contributed by atoms with E-state index in [2.05, 4.69) is 25.4 Å². The Bertz CT molecular complexity index is 1120. The Kier molecular flexibility index (Phi) is 5.95. The van der Waals surface area contributed by atoms with Gasteiger partial charge in [0.2, 0.25) is 0 Å². The highest BCUT2D eigenvalue weighted by Gasteiger charge is 2.23. The normalized spacial score (nSPS) is 19.5. The second-order valence-electron chi connectivity index (χ2n) is 8.43. The van der Waals surface area contributed by atoms with Crippen LogP contribution in [0.4, 0.5) is 5.82 Å². The number of rotatable bonds is 6. The van der Waals surface area contributed by atoms with Gasteiger partial charge in [-0.3, -0.25) is 9.69 Å². The zero-order valence-electron chi connectivity index (χ0n) is 18.0. The van der Waals surface area contributed by atoms with Crippen LogP contribution in [0.15, 0.2) is 29.2 Å². The first-order valence-electron chi connectivity index (χ1n) is 11.1. The van der Waals surface area contributed by atoms with Gasteiger partial charge in [0.05, 0.1) is 18.4 Å². The highest BCUT2D eigenvalue weighted by Crippen LogP contribution is 2.22. The van der Waals surface area contributed by atoms with Crippen LogP contribution in [0.1, 0.15) is 36.2 Å². The molecule has 0 amide bonds. The first kappa shape index (κ1) is 20.5. The van der Waals surface area contributed by atoms with Gasteiger partial charge in [-0.2, -0.15) is 26.5 Å². The fraction of sp³-hybridized carbons (Fsp3) is 0.545. The largest absolute Gasteiger partial charge is 0.368 e. The third kappa shape index (κ3) is 4.48. The molecule has 3 aromatic heterocycles. The molecule has 0 spiro atoms. The van der Waals surface area contributed by atoms with Gasteiger partial charge in [0.15, 0.2) is 5.65 Å². The molecule has 5 rings (SSSR count). The van der Waals surface area contributed by atoms with Gasteiger partial charge >= 0.3 is 0 Å². The van der Waals surface area contributed by atoms with Crippen LogP contribution in [0.25, 0.3) is 5.65 Å². The van der Waals surface area contributed by atoms with Gasteiger partial charge in [0.25, 0.3) is 5.56 Å². The third-order valence-corrected chi connectivity index (χ3v) is 7.27. The van der Waals surface area contributed by atoms with Gasteiger partial charge in [-0.25, -0.2) is 9.67 Å². The molecule has 0 aliphatic carbocycles. The Labute approximate surface area is 186 Å². The van der Waals surface area contributed by atoms with E-state index >= 15 is 0 Å². The van der Waals surface area contributed by atoms with Crippen molar-refractivity contribution in [3.05, 3.63) is 51.7 Å².